The lowest BCUT2D eigenvalue weighted by Crippen LogP contribution is -2.20. The van der Waals surface area contributed by atoms with E-state index in [2.05, 4.69) is 16.4 Å². The SMILES string of the molecule is N#Cc1ccc(COc2cccc(C3=CCNCC3)n2)c(F)c1. The summed E-state index contributed by atoms with van der Waals surface area (Å²) in [6.07, 6.45) is 3.05. The highest BCUT2D eigenvalue weighted by molar-refractivity contribution is 5.63. The van der Waals surface area contributed by atoms with Crippen molar-refractivity contribution in [2.24, 2.45) is 0 Å². The normalized spacial score (nSPS) is 14.0. The van der Waals surface area contributed by atoms with Crippen LogP contribution >= 0.6 is 0 Å². The molecule has 0 saturated heterocycles. The minimum Gasteiger partial charge on any atom is -0.473 e. The molecule has 0 saturated carbocycles. The smallest absolute Gasteiger partial charge is 0.214 e. The number of pyridine rings is 1. The first-order valence-corrected chi connectivity index (χ1v) is 7.45. The van der Waals surface area contributed by atoms with Gasteiger partial charge in [-0.25, -0.2) is 9.37 Å². The standard InChI is InChI=1S/C18H16FN3O/c19-16-10-13(11-20)4-5-15(16)12-23-18-3-1-2-17(22-18)14-6-8-21-9-7-14/h1-6,10,21H,7-9,12H2. The average Bonchev–Trinajstić information content (AvgIpc) is 2.61. The number of hydrogen-bond acceptors (Lipinski definition) is 4. The van der Waals surface area contributed by atoms with Crippen LogP contribution in [0.3, 0.4) is 0 Å². The zero-order valence-electron chi connectivity index (χ0n) is 12.6. The summed E-state index contributed by atoms with van der Waals surface area (Å²) in [4.78, 5) is 4.48. The van der Waals surface area contributed by atoms with Crippen LogP contribution in [-0.4, -0.2) is 18.1 Å². The van der Waals surface area contributed by atoms with E-state index < -0.39 is 5.82 Å². The fraction of sp³-hybridized carbons (Fsp3) is 0.222. The molecule has 1 aromatic carbocycles. The second-order valence-electron chi connectivity index (χ2n) is 5.25. The number of halogens is 1. The average molecular weight is 309 g/mol. The molecule has 0 unspecified atom stereocenters. The van der Waals surface area contributed by atoms with Crippen molar-refractivity contribution in [2.75, 3.05) is 13.1 Å². The number of rotatable bonds is 4. The summed E-state index contributed by atoms with van der Waals surface area (Å²) in [5.41, 5.74) is 2.78. The molecular formula is C18H16FN3O. The Hall–Kier alpha value is -2.71. The van der Waals surface area contributed by atoms with Gasteiger partial charge in [0.1, 0.15) is 12.4 Å². The quantitative estimate of drug-likeness (QED) is 0.943. The maximum atomic E-state index is 13.8. The Labute approximate surface area is 134 Å². The lowest BCUT2D eigenvalue weighted by molar-refractivity contribution is 0.288. The third-order valence-electron chi connectivity index (χ3n) is 3.67. The molecular weight excluding hydrogens is 293 g/mol. The lowest BCUT2D eigenvalue weighted by Gasteiger charge is -2.14. The van der Waals surface area contributed by atoms with Gasteiger partial charge in [-0.2, -0.15) is 5.26 Å². The van der Waals surface area contributed by atoms with Crippen molar-refractivity contribution in [2.45, 2.75) is 13.0 Å². The van der Waals surface area contributed by atoms with E-state index in [1.165, 1.54) is 11.6 Å². The second-order valence-corrected chi connectivity index (χ2v) is 5.25. The van der Waals surface area contributed by atoms with Crippen LogP contribution in [-0.2, 0) is 6.61 Å². The Kier molecular flexibility index (Phi) is 4.65. The number of nitriles is 1. The van der Waals surface area contributed by atoms with Crippen molar-refractivity contribution < 1.29 is 9.13 Å². The molecule has 1 aromatic heterocycles. The van der Waals surface area contributed by atoms with Crippen LogP contribution in [0.1, 0.15) is 23.2 Å². The molecule has 0 spiro atoms. The Morgan fingerprint density at radius 1 is 1.30 bits per heavy atom. The van der Waals surface area contributed by atoms with Gasteiger partial charge in [0.2, 0.25) is 5.88 Å². The molecule has 5 heteroatoms. The van der Waals surface area contributed by atoms with E-state index in [-0.39, 0.29) is 6.61 Å². The minimum atomic E-state index is -0.443. The molecule has 1 aliphatic rings. The monoisotopic (exact) mass is 309 g/mol. The van der Waals surface area contributed by atoms with Gasteiger partial charge in [-0.1, -0.05) is 18.2 Å². The first kappa shape index (κ1) is 15.2. The molecule has 116 valence electrons. The Balaban J connectivity index is 1.71. The van der Waals surface area contributed by atoms with Gasteiger partial charge in [0, 0.05) is 18.2 Å². The van der Waals surface area contributed by atoms with Gasteiger partial charge in [-0.05, 0) is 36.7 Å². The van der Waals surface area contributed by atoms with Crippen molar-refractivity contribution in [3.05, 3.63) is 65.1 Å². The largest absolute Gasteiger partial charge is 0.473 e. The molecule has 0 radical (unpaired) electrons. The fourth-order valence-corrected chi connectivity index (χ4v) is 2.41. The topological polar surface area (TPSA) is 57.9 Å². The summed E-state index contributed by atoms with van der Waals surface area (Å²) in [6, 6.07) is 11.8. The highest BCUT2D eigenvalue weighted by atomic mass is 19.1. The number of benzene rings is 1. The number of ether oxygens (including phenoxy) is 1. The summed E-state index contributed by atoms with van der Waals surface area (Å²) < 4.78 is 19.4. The molecule has 0 amide bonds. The Morgan fingerprint density at radius 3 is 2.96 bits per heavy atom. The van der Waals surface area contributed by atoms with Crippen LogP contribution in [0.2, 0.25) is 0 Å². The molecule has 0 bridgehead atoms. The van der Waals surface area contributed by atoms with Crippen LogP contribution < -0.4 is 10.1 Å². The predicted molar refractivity (Wildman–Crippen MR) is 85.1 cm³/mol. The van der Waals surface area contributed by atoms with Gasteiger partial charge in [0.25, 0.3) is 0 Å². The molecule has 3 rings (SSSR count). The maximum absolute atomic E-state index is 13.8. The van der Waals surface area contributed by atoms with E-state index in [4.69, 9.17) is 10.00 Å². The van der Waals surface area contributed by atoms with Crippen molar-refractivity contribution >= 4 is 5.57 Å². The zero-order valence-corrected chi connectivity index (χ0v) is 12.6. The highest BCUT2D eigenvalue weighted by Gasteiger charge is 2.09. The van der Waals surface area contributed by atoms with E-state index in [0.717, 1.165) is 25.2 Å². The zero-order chi connectivity index (χ0) is 16.1. The highest BCUT2D eigenvalue weighted by Crippen LogP contribution is 2.21. The molecule has 1 aliphatic heterocycles. The molecule has 0 aliphatic carbocycles. The third kappa shape index (κ3) is 3.74. The third-order valence-corrected chi connectivity index (χ3v) is 3.67. The van der Waals surface area contributed by atoms with Crippen LogP contribution in [0.25, 0.3) is 5.57 Å². The van der Waals surface area contributed by atoms with E-state index in [1.54, 1.807) is 18.2 Å². The first-order valence-electron chi connectivity index (χ1n) is 7.45. The number of nitrogens with zero attached hydrogens (tertiary/aromatic N) is 2. The summed E-state index contributed by atoms with van der Waals surface area (Å²) in [5.74, 6) is 0.0203. The summed E-state index contributed by atoms with van der Waals surface area (Å²) in [7, 11) is 0. The molecule has 0 atom stereocenters. The molecule has 2 aromatic rings. The van der Waals surface area contributed by atoms with Gasteiger partial charge >= 0.3 is 0 Å². The van der Waals surface area contributed by atoms with Crippen LogP contribution in [0, 0.1) is 17.1 Å². The maximum Gasteiger partial charge on any atom is 0.214 e. The summed E-state index contributed by atoms with van der Waals surface area (Å²) >= 11 is 0. The van der Waals surface area contributed by atoms with E-state index in [0.29, 0.717) is 17.0 Å². The predicted octanol–water partition coefficient (Wildman–Crippen LogP) is 3.05. The summed E-state index contributed by atoms with van der Waals surface area (Å²) in [5, 5.41) is 12.0. The van der Waals surface area contributed by atoms with Crippen LogP contribution in [0.15, 0.2) is 42.5 Å². The van der Waals surface area contributed by atoms with Gasteiger partial charge in [-0.15, -0.1) is 0 Å². The number of hydrogen-bond donors (Lipinski definition) is 1. The number of aromatic nitrogens is 1. The number of nitrogens with one attached hydrogen (secondary N) is 1. The molecule has 23 heavy (non-hydrogen) atoms. The molecule has 4 nitrogen and oxygen atoms in total. The first-order chi connectivity index (χ1) is 11.3. The van der Waals surface area contributed by atoms with Gasteiger partial charge in [0.15, 0.2) is 0 Å². The van der Waals surface area contributed by atoms with Gasteiger partial charge in [0.05, 0.1) is 17.3 Å². The molecule has 0 fully saturated rings. The van der Waals surface area contributed by atoms with E-state index in [9.17, 15) is 4.39 Å². The second kappa shape index (κ2) is 7.03. The summed E-state index contributed by atoms with van der Waals surface area (Å²) in [6.45, 7) is 1.86. The van der Waals surface area contributed by atoms with Crippen molar-refractivity contribution in [1.29, 1.82) is 5.26 Å². The van der Waals surface area contributed by atoms with Crippen molar-refractivity contribution in [3.8, 4) is 11.9 Å². The van der Waals surface area contributed by atoms with Crippen LogP contribution in [0.4, 0.5) is 4.39 Å². The Bertz CT molecular complexity index is 780. The van der Waals surface area contributed by atoms with Crippen molar-refractivity contribution in [1.82, 2.24) is 10.3 Å². The van der Waals surface area contributed by atoms with Crippen LogP contribution in [0.5, 0.6) is 5.88 Å². The van der Waals surface area contributed by atoms with Gasteiger partial charge < -0.3 is 10.1 Å². The lowest BCUT2D eigenvalue weighted by atomic mass is 10.1. The van der Waals surface area contributed by atoms with Gasteiger partial charge in [-0.3, -0.25) is 0 Å². The van der Waals surface area contributed by atoms with E-state index >= 15 is 0 Å². The molecule has 1 N–H and O–H groups in total. The fourth-order valence-electron chi connectivity index (χ4n) is 2.41. The minimum absolute atomic E-state index is 0.0780. The molecule has 2 heterocycles. The van der Waals surface area contributed by atoms with Crippen molar-refractivity contribution in [3.63, 3.8) is 0 Å². The van der Waals surface area contributed by atoms with E-state index in [1.807, 2.05) is 18.2 Å². The Morgan fingerprint density at radius 2 is 2.22 bits per heavy atom.